The third-order valence-corrected chi connectivity index (χ3v) is 3.45. The summed E-state index contributed by atoms with van der Waals surface area (Å²) in [5.74, 6) is -2.86. The lowest BCUT2D eigenvalue weighted by Gasteiger charge is -2.10. The lowest BCUT2D eigenvalue weighted by molar-refractivity contribution is -0.0446. The Labute approximate surface area is 107 Å². The summed E-state index contributed by atoms with van der Waals surface area (Å²) in [5, 5.41) is 0. The number of hydrogen-bond donors (Lipinski definition) is 1. The van der Waals surface area contributed by atoms with E-state index in [1.54, 1.807) is 0 Å². The summed E-state index contributed by atoms with van der Waals surface area (Å²) in [6.45, 7) is 0. The molecule has 0 bridgehead atoms. The van der Waals surface area contributed by atoms with Crippen molar-refractivity contribution in [1.29, 1.82) is 0 Å². The normalized spacial score (nSPS) is 12.3. The van der Waals surface area contributed by atoms with E-state index >= 15 is 0 Å². The van der Waals surface area contributed by atoms with Crippen molar-refractivity contribution < 1.29 is 30.8 Å². The molecule has 0 unspecified atom stereocenters. The van der Waals surface area contributed by atoms with Crippen LogP contribution in [0.2, 0.25) is 0 Å². The minimum absolute atomic E-state index is 0.169. The molecule has 0 aromatic heterocycles. The van der Waals surface area contributed by atoms with Gasteiger partial charge in [0.2, 0.25) is 0 Å². The molecule has 0 saturated heterocycles. The molecule has 0 aliphatic rings. The van der Waals surface area contributed by atoms with Gasteiger partial charge in [0.05, 0.1) is 5.56 Å². The Morgan fingerprint density at radius 3 is 2.28 bits per heavy atom. The molecule has 0 heterocycles. The van der Waals surface area contributed by atoms with Gasteiger partial charge in [0.25, 0.3) is 5.91 Å². The molecule has 10 heteroatoms. The molecule has 0 saturated carbocycles. The molecule has 18 heavy (non-hydrogen) atoms. The van der Waals surface area contributed by atoms with Gasteiger partial charge in [-0.25, -0.2) is 9.11 Å². The van der Waals surface area contributed by atoms with Crippen molar-refractivity contribution in [2.75, 3.05) is 0 Å². The second kappa shape index (κ2) is 4.84. The molecular formula is C8H4BrF4NO3S. The standard InChI is InChI=1S/C8H4BrF4NO3S/c9-4-2-1-3-5(10)6(4)7(15)14-18(16,17)8(11,12)13/h1-3H,(H,14,15). The van der Waals surface area contributed by atoms with Crippen LogP contribution in [0.4, 0.5) is 17.6 Å². The second-order valence-electron chi connectivity index (χ2n) is 2.98. The Morgan fingerprint density at radius 1 is 1.28 bits per heavy atom. The van der Waals surface area contributed by atoms with E-state index in [0.717, 1.165) is 10.8 Å². The molecule has 1 rings (SSSR count). The average molecular weight is 350 g/mol. The maximum absolute atomic E-state index is 13.2. The van der Waals surface area contributed by atoms with Gasteiger partial charge >= 0.3 is 15.5 Å². The van der Waals surface area contributed by atoms with Gasteiger partial charge in [-0.15, -0.1) is 0 Å². The number of amides is 1. The lowest BCUT2D eigenvalue weighted by atomic mass is 10.2. The summed E-state index contributed by atoms with van der Waals surface area (Å²) in [6, 6.07) is 3.17. The number of carbonyl (C=O) groups excluding carboxylic acids is 1. The van der Waals surface area contributed by atoms with Crippen molar-refractivity contribution in [3.8, 4) is 0 Å². The predicted octanol–water partition coefficient (Wildman–Crippen LogP) is 2.17. The second-order valence-corrected chi connectivity index (χ2v) is 5.51. The molecule has 0 spiro atoms. The highest BCUT2D eigenvalue weighted by Crippen LogP contribution is 2.24. The van der Waals surface area contributed by atoms with Gasteiger partial charge in [0, 0.05) is 4.47 Å². The fourth-order valence-electron chi connectivity index (χ4n) is 0.946. The monoisotopic (exact) mass is 349 g/mol. The summed E-state index contributed by atoms with van der Waals surface area (Å²) in [7, 11) is -5.87. The zero-order valence-corrected chi connectivity index (χ0v) is 10.7. The molecule has 1 aromatic rings. The summed E-state index contributed by atoms with van der Waals surface area (Å²) >= 11 is 2.73. The Morgan fingerprint density at radius 2 is 1.83 bits per heavy atom. The molecule has 4 nitrogen and oxygen atoms in total. The van der Waals surface area contributed by atoms with Crippen LogP contribution in [0, 0.1) is 5.82 Å². The molecule has 0 aliphatic carbocycles. The summed E-state index contributed by atoms with van der Waals surface area (Å²) in [4.78, 5) is 11.3. The highest BCUT2D eigenvalue weighted by Gasteiger charge is 2.47. The van der Waals surface area contributed by atoms with Crippen molar-refractivity contribution >= 4 is 31.9 Å². The predicted molar refractivity (Wildman–Crippen MR) is 56.5 cm³/mol. The molecule has 0 atom stereocenters. The minimum Gasteiger partial charge on any atom is -0.268 e. The summed E-state index contributed by atoms with van der Waals surface area (Å²) in [6.07, 6.45) is 0. The zero-order valence-electron chi connectivity index (χ0n) is 8.25. The number of hydrogen-bond acceptors (Lipinski definition) is 3. The number of alkyl halides is 3. The van der Waals surface area contributed by atoms with Crippen LogP contribution in [0.15, 0.2) is 22.7 Å². The Balaban J connectivity index is 3.12. The first-order chi connectivity index (χ1) is 8.06. The number of carbonyl (C=O) groups is 1. The van der Waals surface area contributed by atoms with Crippen molar-refractivity contribution in [2.45, 2.75) is 5.51 Å². The molecule has 0 aliphatic heterocycles. The van der Waals surface area contributed by atoms with Gasteiger partial charge in [-0.1, -0.05) is 6.07 Å². The van der Waals surface area contributed by atoms with Crippen LogP contribution in [-0.4, -0.2) is 19.8 Å². The largest absolute Gasteiger partial charge is 0.516 e. The highest BCUT2D eigenvalue weighted by molar-refractivity contribution is 9.10. The van der Waals surface area contributed by atoms with Crippen LogP contribution in [-0.2, 0) is 10.0 Å². The molecule has 0 fully saturated rings. The van der Waals surface area contributed by atoms with E-state index < -0.39 is 32.8 Å². The van der Waals surface area contributed by atoms with Crippen molar-refractivity contribution in [1.82, 2.24) is 4.72 Å². The van der Waals surface area contributed by atoms with Crippen molar-refractivity contribution in [2.24, 2.45) is 0 Å². The fourth-order valence-corrected chi connectivity index (χ4v) is 1.93. The Hall–Kier alpha value is -1.16. The van der Waals surface area contributed by atoms with Crippen molar-refractivity contribution in [3.05, 3.63) is 34.1 Å². The first-order valence-electron chi connectivity index (χ1n) is 4.13. The summed E-state index contributed by atoms with van der Waals surface area (Å²) < 4.78 is 71.1. The minimum atomic E-state index is -5.87. The highest BCUT2D eigenvalue weighted by atomic mass is 79.9. The van der Waals surface area contributed by atoms with E-state index in [9.17, 15) is 30.8 Å². The van der Waals surface area contributed by atoms with Crippen LogP contribution in [0.5, 0.6) is 0 Å². The quantitative estimate of drug-likeness (QED) is 0.832. The van der Waals surface area contributed by atoms with E-state index in [2.05, 4.69) is 15.9 Å². The van der Waals surface area contributed by atoms with Gasteiger partial charge in [0.1, 0.15) is 5.82 Å². The first-order valence-corrected chi connectivity index (χ1v) is 6.41. The third-order valence-electron chi connectivity index (χ3n) is 1.72. The van der Waals surface area contributed by atoms with E-state index in [1.807, 2.05) is 0 Å². The molecule has 1 amide bonds. The van der Waals surface area contributed by atoms with Crippen LogP contribution in [0.1, 0.15) is 10.4 Å². The van der Waals surface area contributed by atoms with Crippen LogP contribution in [0.3, 0.4) is 0 Å². The van der Waals surface area contributed by atoms with Crippen molar-refractivity contribution in [3.63, 3.8) is 0 Å². The molecular weight excluding hydrogens is 346 g/mol. The first kappa shape index (κ1) is 14.9. The number of sulfonamides is 1. The van der Waals surface area contributed by atoms with Gasteiger partial charge in [-0.3, -0.25) is 4.79 Å². The Kier molecular flexibility index (Phi) is 4.01. The van der Waals surface area contributed by atoms with Gasteiger partial charge < -0.3 is 0 Å². The molecule has 100 valence electrons. The van der Waals surface area contributed by atoms with Gasteiger partial charge in [0.15, 0.2) is 0 Å². The van der Waals surface area contributed by atoms with Gasteiger partial charge in [-0.05, 0) is 28.1 Å². The maximum atomic E-state index is 13.2. The van der Waals surface area contributed by atoms with Crippen LogP contribution in [0.25, 0.3) is 0 Å². The molecule has 0 radical (unpaired) electrons. The van der Waals surface area contributed by atoms with Gasteiger partial charge in [-0.2, -0.15) is 21.6 Å². The van der Waals surface area contributed by atoms with E-state index in [4.69, 9.17) is 0 Å². The number of halogens is 5. The summed E-state index contributed by atoms with van der Waals surface area (Å²) in [5.41, 5.74) is -6.48. The Bertz CT molecular complexity index is 564. The average Bonchev–Trinajstić information content (AvgIpc) is 2.14. The third kappa shape index (κ3) is 2.99. The van der Waals surface area contributed by atoms with Crippen LogP contribution < -0.4 is 4.72 Å². The smallest absolute Gasteiger partial charge is 0.268 e. The number of rotatable bonds is 2. The number of benzene rings is 1. The maximum Gasteiger partial charge on any atom is 0.516 e. The van der Waals surface area contributed by atoms with E-state index in [-0.39, 0.29) is 4.47 Å². The fraction of sp³-hybridized carbons (Fsp3) is 0.125. The SMILES string of the molecule is O=C(NS(=O)(=O)C(F)(F)F)c1c(F)cccc1Br. The van der Waals surface area contributed by atoms with E-state index in [1.165, 1.54) is 12.1 Å². The lowest BCUT2D eigenvalue weighted by Crippen LogP contribution is -2.40. The topological polar surface area (TPSA) is 63.2 Å². The van der Waals surface area contributed by atoms with E-state index in [0.29, 0.717) is 0 Å². The molecule has 1 aromatic carbocycles. The van der Waals surface area contributed by atoms with Crippen LogP contribution >= 0.6 is 15.9 Å². The molecule has 1 N–H and O–H groups in total. The number of nitrogens with one attached hydrogen (secondary N) is 1. The zero-order chi connectivity index (χ0) is 14.1.